The molecule has 1 fully saturated rings. The number of amides is 1. The van der Waals surface area contributed by atoms with Gasteiger partial charge in [-0.15, -0.1) is 6.58 Å². The van der Waals surface area contributed by atoms with Crippen molar-refractivity contribution in [3.05, 3.63) is 12.7 Å². The van der Waals surface area contributed by atoms with Crippen LogP contribution in [-0.4, -0.2) is 40.4 Å². The highest BCUT2D eigenvalue weighted by Gasteiger charge is 2.42. The number of carbonyl (C=O) groups is 1. The van der Waals surface area contributed by atoms with Crippen molar-refractivity contribution in [1.82, 2.24) is 4.90 Å². The molecule has 1 N–H and O–H groups in total. The normalized spacial score (nSPS) is 24.9. The minimum absolute atomic E-state index is 0.00706. The van der Waals surface area contributed by atoms with Gasteiger partial charge < -0.3 is 9.84 Å². The third-order valence-electron chi connectivity index (χ3n) is 2.58. The molecule has 1 saturated heterocycles. The molecule has 1 aliphatic rings. The molecule has 4 nitrogen and oxygen atoms in total. The SMILES string of the molecule is C=CC[C@H]1C[C@@H](CO)N1C(=O)OC(C)(C)C. The molecule has 0 aromatic carbocycles. The predicted octanol–water partition coefficient (Wildman–Crippen LogP) is 1.93. The third kappa shape index (κ3) is 2.98. The first-order chi connectivity index (χ1) is 7.39. The van der Waals surface area contributed by atoms with Crippen LogP contribution >= 0.6 is 0 Å². The van der Waals surface area contributed by atoms with Crippen LogP contribution in [0.2, 0.25) is 0 Å². The fraction of sp³-hybridized carbons (Fsp3) is 0.750. The zero-order valence-corrected chi connectivity index (χ0v) is 10.3. The summed E-state index contributed by atoms with van der Waals surface area (Å²) in [6, 6.07) is 0.0318. The van der Waals surface area contributed by atoms with Crippen LogP contribution in [-0.2, 0) is 4.74 Å². The maximum atomic E-state index is 11.9. The van der Waals surface area contributed by atoms with Gasteiger partial charge in [-0.3, -0.25) is 4.90 Å². The van der Waals surface area contributed by atoms with E-state index in [2.05, 4.69) is 6.58 Å². The van der Waals surface area contributed by atoms with E-state index in [4.69, 9.17) is 9.84 Å². The number of nitrogens with zero attached hydrogens (tertiary/aromatic N) is 1. The van der Waals surface area contributed by atoms with Crippen molar-refractivity contribution >= 4 is 6.09 Å². The Labute approximate surface area is 96.9 Å². The maximum Gasteiger partial charge on any atom is 0.410 e. The molecule has 1 heterocycles. The van der Waals surface area contributed by atoms with Crippen LogP contribution in [0, 0.1) is 0 Å². The molecule has 1 amide bonds. The summed E-state index contributed by atoms with van der Waals surface area (Å²) in [4.78, 5) is 13.5. The van der Waals surface area contributed by atoms with Gasteiger partial charge in [0.15, 0.2) is 0 Å². The summed E-state index contributed by atoms with van der Waals surface area (Å²) in [7, 11) is 0. The first-order valence-corrected chi connectivity index (χ1v) is 5.62. The lowest BCUT2D eigenvalue weighted by molar-refractivity contribution is -0.0442. The molecule has 2 atom stereocenters. The number of rotatable bonds is 3. The molecule has 0 unspecified atom stereocenters. The second kappa shape index (κ2) is 4.87. The quantitative estimate of drug-likeness (QED) is 0.749. The average Bonchev–Trinajstić information content (AvgIpc) is 2.07. The van der Waals surface area contributed by atoms with E-state index in [0.29, 0.717) is 0 Å². The van der Waals surface area contributed by atoms with Crippen LogP contribution in [0.1, 0.15) is 33.6 Å². The van der Waals surface area contributed by atoms with Crippen LogP contribution in [0.3, 0.4) is 0 Å². The summed E-state index contributed by atoms with van der Waals surface area (Å²) in [6.45, 7) is 9.16. The van der Waals surface area contributed by atoms with E-state index in [-0.39, 0.29) is 24.8 Å². The van der Waals surface area contributed by atoms with Crippen molar-refractivity contribution in [3.63, 3.8) is 0 Å². The Morgan fingerprint density at radius 1 is 1.56 bits per heavy atom. The second-order valence-corrected chi connectivity index (χ2v) is 5.14. The van der Waals surface area contributed by atoms with Gasteiger partial charge in [-0.05, 0) is 33.6 Å². The van der Waals surface area contributed by atoms with Gasteiger partial charge in [0.05, 0.1) is 12.6 Å². The average molecular weight is 227 g/mol. The molecule has 0 aromatic heterocycles. The van der Waals surface area contributed by atoms with Gasteiger partial charge in [-0.2, -0.15) is 0 Å². The maximum absolute atomic E-state index is 11.9. The Hall–Kier alpha value is -1.03. The largest absolute Gasteiger partial charge is 0.444 e. The molecule has 4 heteroatoms. The van der Waals surface area contributed by atoms with E-state index < -0.39 is 5.60 Å². The molecule has 0 bridgehead atoms. The Balaban J connectivity index is 2.60. The summed E-state index contributed by atoms with van der Waals surface area (Å²) in [5.41, 5.74) is -0.495. The van der Waals surface area contributed by atoms with Crippen LogP contribution in [0.4, 0.5) is 4.79 Å². The van der Waals surface area contributed by atoms with Crippen LogP contribution in [0.15, 0.2) is 12.7 Å². The summed E-state index contributed by atoms with van der Waals surface area (Å²) in [5, 5.41) is 9.11. The number of hydrogen-bond donors (Lipinski definition) is 1. The van der Waals surface area contributed by atoms with Gasteiger partial charge in [-0.25, -0.2) is 4.79 Å². The minimum Gasteiger partial charge on any atom is -0.444 e. The van der Waals surface area contributed by atoms with E-state index in [0.717, 1.165) is 12.8 Å². The zero-order chi connectivity index (χ0) is 12.3. The van der Waals surface area contributed by atoms with Gasteiger partial charge in [0, 0.05) is 6.04 Å². The second-order valence-electron chi connectivity index (χ2n) is 5.14. The number of aliphatic hydroxyl groups excluding tert-OH is 1. The topological polar surface area (TPSA) is 49.8 Å². The Morgan fingerprint density at radius 3 is 2.62 bits per heavy atom. The molecule has 1 rings (SSSR count). The standard InChI is InChI=1S/C12H21NO3/c1-5-6-9-7-10(8-14)13(9)11(15)16-12(2,3)4/h5,9-10,14H,1,6-8H2,2-4H3/t9-,10-/m0/s1. The summed E-state index contributed by atoms with van der Waals surface area (Å²) >= 11 is 0. The van der Waals surface area contributed by atoms with Crippen LogP contribution in [0.5, 0.6) is 0 Å². The lowest BCUT2D eigenvalue weighted by Crippen LogP contribution is -2.60. The zero-order valence-electron chi connectivity index (χ0n) is 10.3. The first kappa shape index (κ1) is 13.0. The highest BCUT2D eigenvalue weighted by molar-refractivity contribution is 5.70. The summed E-state index contributed by atoms with van der Waals surface area (Å²) < 4.78 is 5.29. The van der Waals surface area contributed by atoms with Gasteiger partial charge >= 0.3 is 6.09 Å². The van der Waals surface area contributed by atoms with E-state index in [9.17, 15) is 4.79 Å². The predicted molar refractivity (Wildman–Crippen MR) is 62.2 cm³/mol. The lowest BCUT2D eigenvalue weighted by Gasteiger charge is -2.47. The van der Waals surface area contributed by atoms with Crippen molar-refractivity contribution < 1.29 is 14.6 Å². The molecule has 16 heavy (non-hydrogen) atoms. The van der Waals surface area contributed by atoms with Crippen molar-refractivity contribution in [1.29, 1.82) is 0 Å². The van der Waals surface area contributed by atoms with E-state index in [1.54, 1.807) is 11.0 Å². The molecule has 0 saturated carbocycles. The van der Waals surface area contributed by atoms with Crippen molar-refractivity contribution in [2.24, 2.45) is 0 Å². The molecule has 0 aliphatic carbocycles. The van der Waals surface area contributed by atoms with E-state index in [1.807, 2.05) is 20.8 Å². The van der Waals surface area contributed by atoms with Crippen LogP contribution < -0.4 is 0 Å². The van der Waals surface area contributed by atoms with E-state index in [1.165, 1.54) is 0 Å². The van der Waals surface area contributed by atoms with E-state index >= 15 is 0 Å². The summed E-state index contributed by atoms with van der Waals surface area (Å²) in [6.07, 6.45) is 3.01. The number of carbonyl (C=O) groups excluding carboxylic acids is 1. The fourth-order valence-corrected chi connectivity index (χ4v) is 1.88. The third-order valence-corrected chi connectivity index (χ3v) is 2.58. The smallest absolute Gasteiger partial charge is 0.410 e. The van der Waals surface area contributed by atoms with Crippen molar-refractivity contribution in [2.45, 2.75) is 51.3 Å². The number of ether oxygens (including phenoxy) is 1. The molecular formula is C12H21NO3. The minimum atomic E-state index is -0.495. The Morgan fingerprint density at radius 2 is 2.19 bits per heavy atom. The Bertz CT molecular complexity index is 270. The Kier molecular flexibility index (Phi) is 3.97. The van der Waals surface area contributed by atoms with Gasteiger partial charge in [-0.1, -0.05) is 6.08 Å². The number of aliphatic hydroxyl groups is 1. The first-order valence-electron chi connectivity index (χ1n) is 5.62. The molecule has 0 spiro atoms. The molecular weight excluding hydrogens is 206 g/mol. The van der Waals surface area contributed by atoms with Gasteiger partial charge in [0.1, 0.15) is 5.60 Å². The van der Waals surface area contributed by atoms with Gasteiger partial charge in [0.25, 0.3) is 0 Å². The molecule has 0 radical (unpaired) electrons. The number of likely N-dealkylation sites (tertiary alicyclic amines) is 1. The van der Waals surface area contributed by atoms with Crippen molar-refractivity contribution in [2.75, 3.05) is 6.61 Å². The summed E-state index contributed by atoms with van der Waals surface area (Å²) in [5.74, 6) is 0. The molecule has 92 valence electrons. The van der Waals surface area contributed by atoms with Gasteiger partial charge in [0.2, 0.25) is 0 Å². The highest BCUT2D eigenvalue weighted by atomic mass is 16.6. The number of hydrogen-bond acceptors (Lipinski definition) is 3. The monoisotopic (exact) mass is 227 g/mol. The highest BCUT2D eigenvalue weighted by Crippen LogP contribution is 2.30. The molecule has 1 aliphatic heterocycles. The fourth-order valence-electron chi connectivity index (χ4n) is 1.88. The molecule has 0 aromatic rings. The lowest BCUT2D eigenvalue weighted by atomic mass is 9.91. The van der Waals surface area contributed by atoms with Crippen molar-refractivity contribution in [3.8, 4) is 0 Å². The van der Waals surface area contributed by atoms with Crippen LogP contribution in [0.25, 0.3) is 0 Å².